The average Bonchev–Trinajstić information content (AvgIpc) is 3.71. The van der Waals surface area contributed by atoms with Crippen molar-refractivity contribution in [1.29, 1.82) is 0 Å². The van der Waals surface area contributed by atoms with Gasteiger partial charge in [-0.1, -0.05) is 41.4 Å². The number of nitrogens with one attached hydrogen (secondary N) is 1. The number of nitrogens with zero attached hydrogens (tertiary/aromatic N) is 2. The van der Waals surface area contributed by atoms with Crippen molar-refractivity contribution in [3.05, 3.63) is 87.4 Å². The van der Waals surface area contributed by atoms with Crippen LogP contribution in [-0.4, -0.2) is 55.4 Å². The number of fused-ring (bicyclic) bond motifs is 2. The topological polar surface area (TPSA) is 82.1 Å². The Hall–Kier alpha value is -3.40. The lowest BCUT2D eigenvalue weighted by molar-refractivity contribution is -0.139. The van der Waals surface area contributed by atoms with Gasteiger partial charge in [-0.3, -0.25) is 4.79 Å². The number of ether oxygens (including phenoxy) is 1. The first kappa shape index (κ1) is 29.1. The molecular formula is C30H29Cl2F2N3O4. The Morgan fingerprint density at radius 2 is 1.61 bits per heavy atom. The molecule has 3 aliphatic heterocycles. The van der Waals surface area contributed by atoms with Crippen molar-refractivity contribution in [1.82, 2.24) is 0 Å². The van der Waals surface area contributed by atoms with E-state index in [4.69, 9.17) is 27.9 Å². The third-order valence-corrected chi connectivity index (χ3v) is 8.39. The maximum atomic E-state index is 13.6. The monoisotopic (exact) mass is 603 g/mol. The molecule has 3 aromatic rings. The van der Waals surface area contributed by atoms with Crippen LogP contribution in [0.15, 0.2) is 54.6 Å². The van der Waals surface area contributed by atoms with Gasteiger partial charge in [0.15, 0.2) is 0 Å². The van der Waals surface area contributed by atoms with E-state index in [1.165, 1.54) is 12.1 Å². The largest absolute Gasteiger partial charge is 0.464 e. The van der Waals surface area contributed by atoms with Gasteiger partial charge < -0.3 is 25.0 Å². The first-order chi connectivity index (χ1) is 19.8. The van der Waals surface area contributed by atoms with E-state index in [-0.39, 0.29) is 41.0 Å². The van der Waals surface area contributed by atoms with E-state index in [0.29, 0.717) is 50.2 Å². The molecule has 1 saturated heterocycles. The number of carbonyl (C=O) groups is 2. The Bertz CT molecular complexity index is 1440. The number of anilines is 3. The van der Waals surface area contributed by atoms with Crippen LogP contribution < -0.4 is 15.1 Å². The number of rotatable bonds is 6. The Kier molecular flexibility index (Phi) is 8.97. The molecule has 1 amide bonds. The highest BCUT2D eigenvalue weighted by molar-refractivity contribution is 6.32. The predicted octanol–water partition coefficient (Wildman–Crippen LogP) is 5.39. The summed E-state index contributed by atoms with van der Waals surface area (Å²) in [5.74, 6) is -1.26. The molecule has 2 N–H and O–H groups in total. The highest BCUT2D eigenvalue weighted by Gasteiger charge is 2.37. The number of para-hydroxylation sites is 1. The maximum Gasteiger partial charge on any atom is 0.328 e. The number of hydrogen-bond donors (Lipinski definition) is 2. The number of esters is 1. The van der Waals surface area contributed by atoms with Gasteiger partial charge in [0.05, 0.1) is 16.7 Å². The van der Waals surface area contributed by atoms with Gasteiger partial charge in [-0.2, -0.15) is 0 Å². The SMILES string of the molecule is O=C(Nc1ccccc1)[C@H](CCO)N1CCc2c1ccc(F)c2Cl.O=C1OCC[C@@H]1N1CCc2c1ccc(F)c2Cl. The number of cyclic esters (lactones) is 1. The second kappa shape index (κ2) is 12.6. The van der Waals surface area contributed by atoms with Crippen LogP contribution in [0.4, 0.5) is 25.8 Å². The van der Waals surface area contributed by atoms with Gasteiger partial charge in [0.2, 0.25) is 5.91 Å². The summed E-state index contributed by atoms with van der Waals surface area (Å²) < 4.78 is 31.9. The van der Waals surface area contributed by atoms with E-state index < -0.39 is 17.7 Å². The molecule has 1 fully saturated rings. The number of hydrogen-bond acceptors (Lipinski definition) is 6. The number of aliphatic hydroxyl groups is 1. The van der Waals surface area contributed by atoms with Crippen molar-refractivity contribution < 1.29 is 28.2 Å². The van der Waals surface area contributed by atoms with Crippen LogP contribution in [-0.2, 0) is 27.2 Å². The maximum absolute atomic E-state index is 13.6. The quantitative estimate of drug-likeness (QED) is 0.368. The second-order valence-corrected chi connectivity index (χ2v) is 10.7. The molecule has 11 heteroatoms. The second-order valence-electron chi connectivity index (χ2n) is 9.96. The smallest absolute Gasteiger partial charge is 0.328 e. The Morgan fingerprint density at radius 1 is 0.976 bits per heavy atom. The molecule has 2 atom stereocenters. The van der Waals surface area contributed by atoms with Crippen LogP contribution in [0.2, 0.25) is 10.0 Å². The summed E-state index contributed by atoms with van der Waals surface area (Å²) in [4.78, 5) is 28.1. The van der Waals surface area contributed by atoms with Crippen molar-refractivity contribution >= 4 is 52.1 Å². The minimum Gasteiger partial charge on any atom is -0.464 e. The van der Waals surface area contributed by atoms with Crippen LogP contribution in [0.3, 0.4) is 0 Å². The summed E-state index contributed by atoms with van der Waals surface area (Å²) in [6.07, 6.45) is 2.22. The van der Waals surface area contributed by atoms with Gasteiger partial charge in [0, 0.05) is 43.2 Å². The molecule has 0 saturated carbocycles. The van der Waals surface area contributed by atoms with E-state index in [1.807, 2.05) is 28.0 Å². The van der Waals surface area contributed by atoms with Crippen LogP contribution in [0.25, 0.3) is 0 Å². The summed E-state index contributed by atoms with van der Waals surface area (Å²) in [7, 11) is 0. The van der Waals surface area contributed by atoms with E-state index in [0.717, 1.165) is 16.9 Å². The Balaban J connectivity index is 0.000000174. The summed E-state index contributed by atoms with van der Waals surface area (Å²) in [5, 5.41) is 12.5. The molecule has 6 rings (SSSR count). The lowest BCUT2D eigenvalue weighted by Crippen LogP contribution is -2.44. The summed E-state index contributed by atoms with van der Waals surface area (Å²) in [6.45, 7) is 1.60. The number of amides is 1. The third-order valence-electron chi connectivity index (χ3n) is 7.57. The van der Waals surface area contributed by atoms with Crippen molar-refractivity contribution in [3.8, 4) is 0 Å². The number of carbonyl (C=O) groups excluding carboxylic acids is 2. The number of halogens is 4. The molecule has 7 nitrogen and oxygen atoms in total. The van der Waals surface area contributed by atoms with E-state index in [2.05, 4.69) is 5.32 Å². The molecule has 3 aromatic carbocycles. The first-order valence-electron chi connectivity index (χ1n) is 13.4. The van der Waals surface area contributed by atoms with E-state index in [9.17, 15) is 23.5 Å². The fourth-order valence-electron chi connectivity index (χ4n) is 5.60. The molecule has 0 unspecified atom stereocenters. The number of benzene rings is 3. The van der Waals surface area contributed by atoms with E-state index in [1.54, 1.807) is 24.3 Å². The lowest BCUT2D eigenvalue weighted by Gasteiger charge is -2.29. The fourth-order valence-corrected chi connectivity index (χ4v) is 6.11. The molecule has 41 heavy (non-hydrogen) atoms. The highest BCUT2D eigenvalue weighted by atomic mass is 35.5. The molecule has 0 aliphatic carbocycles. The van der Waals surface area contributed by atoms with Crippen molar-refractivity contribution in [3.63, 3.8) is 0 Å². The minimum atomic E-state index is -0.544. The predicted molar refractivity (Wildman–Crippen MR) is 155 cm³/mol. The van der Waals surface area contributed by atoms with Gasteiger partial charge in [-0.25, -0.2) is 13.6 Å². The lowest BCUT2D eigenvalue weighted by atomic mass is 10.1. The third kappa shape index (κ3) is 5.98. The molecule has 216 valence electrons. The molecule has 3 heterocycles. The van der Waals surface area contributed by atoms with Gasteiger partial charge in [0.1, 0.15) is 23.7 Å². The average molecular weight is 604 g/mol. The Labute approximate surface area is 246 Å². The molecule has 0 bridgehead atoms. The standard InChI is InChI=1S/C18H18ClFN2O2.C12H11ClFNO2/c19-17-13-8-10-22(15(13)7-6-14(17)20)16(9-11-23)18(24)21-12-4-2-1-3-5-12;13-11-7-3-5-15(9(7)2-1-8(11)14)10-4-6-17-12(10)16/h1-7,16,23H,8-11H2,(H,21,24);1-2,10H,3-6H2/t16-;10-/m00/s1. The first-order valence-corrected chi connectivity index (χ1v) is 14.2. The summed E-state index contributed by atoms with van der Waals surface area (Å²) >= 11 is 12.0. The summed E-state index contributed by atoms with van der Waals surface area (Å²) in [6, 6.07) is 14.4. The van der Waals surface area contributed by atoms with Crippen molar-refractivity contribution in [2.24, 2.45) is 0 Å². The zero-order chi connectivity index (χ0) is 29.1. The normalized spacial score (nSPS) is 17.9. The van der Waals surface area contributed by atoms with Crippen LogP contribution in [0.5, 0.6) is 0 Å². The van der Waals surface area contributed by atoms with E-state index >= 15 is 0 Å². The van der Waals surface area contributed by atoms with Gasteiger partial charge in [-0.15, -0.1) is 0 Å². The van der Waals surface area contributed by atoms with Gasteiger partial charge in [0.25, 0.3) is 0 Å². The number of aliphatic hydroxyl groups excluding tert-OH is 1. The van der Waals surface area contributed by atoms with Crippen LogP contribution in [0.1, 0.15) is 24.0 Å². The highest BCUT2D eigenvalue weighted by Crippen LogP contribution is 2.38. The Morgan fingerprint density at radius 3 is 2.24 bits per heavy atom. The van der Waals surface area contributed by atoms with Crippen molar-refractivity contribution in [2.75, 3.05) is 41.4 Å². The molecule has 0 radical (unpaired) electrons. The molecule has 0 aromatic heterocycles. The van der Waals surface area contributed by atoms with Gasteiger partial charge in [-0.05, 0) is 66.8 Å². The molecule has 0 spiro atoms. The van der Waals surface area contributed by atoms with Crippen LogP contribution in [0, 0.1) is 11.6 Å². The van der Waals surface area contributed by atoms with Crippen molar-refractivity contribution in [2.45, 2.75) is 37.8 Å². The van der Waals surface area contributed by atoms with Gasteiger partial charge >= 0.3 is 5.97 Å². The zero-order valence-electron chi connectivity index (χ0n) is 22.1. The molecular weight excluding hydrogens is 575 g/mol. The van der Waals surface area contributed by atoms with Crippen LogP contribution >= 0.6 is 23.2 Å². The fraction of sp³-hybridized carbons (Fsp3) is 0.333. The summed E-state index contributed by atoms with van der Waals surface area (Å²) in [5.41, 5.74) is 3.82. The molecule has 3 aliphatic rings. The minimum absolute atomic E-state index is 0.112. The zero-order valence-corrected chi connectivity index (χ0v) is 23.6.